The van der Waals surface area contributed by atoms with Crippen LogP contribution in [0, 0.1) is 5.92 Å². The molecule has 0 spiro atoms. The Morgan fingerprint density at radius 2 is 1.92 bits per heavy atom. The van der Waals surface area contributed by atoms with Gasteiger partial charge in [0.25, 0.3) is 0 Å². The lowest BCUT2D eigenvalue weighted by molar-refractivity contribution is -0.135. The third-order valence-electron chi connectivity index (χ3n) is 3.90. The number of halogens is 1. The van der Waals surface area contributed by atoms with Crippen molar-refractivity contribution in [3.05, 3.63) is 63.4 Å². The van der Waals surface area contributed by atoms with E-state index in [9.17, 15) is 9.59 Å². The van der Waals surface area contributed by atoms with Crippen molar-refractivity contribution < 1.29 is 18.7 Å². The van der Waals surface area contributed by atoms with Crippen LogP contribution in [0.3, 0.4) is 0 Å². The zero-order valence-electron chi connectivity index (χ0n) is 13.0. The summed E-state index contributed by atoms with van der Waals surface area (Å²) in [6, 6.07) is 11.9. The molecule has 1 fully saturated rings. The largest absolute Gasteiger partial charge is 0.460 e. The van der Waals surface area contributed by atoms with E-state index < -0.39 is 0 Å². The van der Waals surface area contributed by atoms with Crippen LogP contribution >= 0.6 is 15.9 Å². The van der Waals surface area contributed by atoms with Crippen molar-refractivity contribution in [2.24, 2.45) is 5.92 Å². The molecule has 0 radical (unpaired) electrons. The molecular formula is C19H13BrO5. The van der Waals surface area contributed by atoms with Crippen molar-refractivity contribution in [1.29, 1.82) is 0 Å². The molecule has 2 aromatic carbocycles. The zero-order chi connectivity index (χ0) is 17.4. The van der Waals surface area contributed by atoms with Gasteiger partial charge in [-0.15, -0.1) is 0 Å². The number of ether oxygens (including phenoxy) is 2. The maximum Gasteiger partial charge on any atom is 0.314 e. The monoisotopic (exact) mass is 400 g/mol. The maximum absolute atomic E-state index is 12.6. The first kappa shape index (κ1) is 15.9. The topological polar surface area (TPSA) is 65.7 Å². The third kappa shape index (κ3) is 3.30. The maximum atomic E-state index is 12.6. The second-order valence-electron chi connectivity index (χ2n) is 5.81. The van der Waals surface area contributed by atoms with Gasteiger partial charge in [-0.1, -0.05) is 12.1 Å². The molecule has 0 aliphatic heterocycles. The fraction of sp³-hybridized carbons (Fsp3) is 0.158. The molecular weight excluding hydrogens is 388 g/mol. The Hall–Kier alpha value is -2.60. The minimum atomic E-state index is -0.294. The smallest absolute Gasteiger partial charge is 0.314 e. The quantitative estimate of drug-likeness (QED) is 0.470. The van der Waals surface area contributed by atoms with Crippen molar-refractivity contribution in [3.8, 4) is 17.2 Å². The highest BCUT2D eigenvalue weighted by Crippen LogP contribution is 2.32. The van der Waals surface area contributed by atoms with Gasteiger partial charge in [-0.25, -0.2) is 0 Å². The summed E-state index contributed by atoms with van der Waals surface area (Å²) in [5, 5.41) is 0.357. The molecule has 0 amide bonds. The molecule has 1 saturated carbocycles. The molecule has 1 aromatic heterocycles. The lowest BCUT2D eigenvalue weighted by atomic mass is 10.2. The second-order valence-corrected chi connectivity index (χ2v) is 6.67. The molecule has 0 unspecified atom stereocenters. The van der Waals surface area contributed by atoms with Crippen LogP contribution < -0.4 is 14.9 Å². The second kappa shape index (κ2) is 6.37. The van der Waals surface area contributed by atoms with Gasteiger partial charge in [-0.2, -0.15) is 0 Å². The summed E-state index contributed by atoms with van der Waals surface area (Å²) in [5.41, 5.74) is 0.0441. The van der Waals surface area contributed by atoms with Crippen LogP contribution in [-0.4, -0.2) is 5.97 Å². The van der Waals surface area contributed by atoms with Gasteiger partial charge in [0.15, 0.2) is 0 Å². The molecule has 3 aromatic rings. The van der Waals surface area contributed by atoms with Crippen molar-refractivity contribution >= 4 is 32.9 Å². The summed E-state index contributed by atoms with van der Waals surface area (Å²) in [7, 11) is 0. The lowest BCUT2D eigenvalue weighted by Crippen LogP contribution is -2.10. The van der Waals surface area contributed by atoms with E-state index in [1.54, 1.807) is 24.3 Å². The van der Waals surface area contributed by atoms with Gasteiger partial charge >= 0.3 is 5.97 Å². The lowest BCUT2D eigenvalue weighted by Gasteiger charge is -2.08. The Balaban J connectivity index is 1.65. The number of fused-ring (bicyclic) bond motifs is 1. The number of rotatable bonds is 4. The number of esters is 1. The Labute approximate surface area is 151 Å². The zero-order valence-corrected chi connectivity index (χ0v) is 14.6. The van der Waals surface area contributed by atoms with Gasteiger partial charge in [0.2, 0.25) is 11.2 Å². The van der Waals surface area contributed by atoms with Crippen LogP contribution in [0.15, 0.2) is 62.4 Å². The molecule has 1 aliphatic rings. The predicted molar refractivity (Wildman–Crippen MR) is 95.1 cm³/mol. The molecule has 0 N–H and O–H groups in total. The van der Waals surface area contributed by atoms with E-state index in [4.69, 9.17) is 13.9 Å². The molecule has 0 saturated heterocycles. The highest BCUT2D eigenvalue weighted by atomic mass is 79.9. The molecule has 0 atom stereocenters. The summed E-state index contributed by atoms with van der Waals surface area (Å²) in [6.07, 6.45) is 3.01. The highest BCUT2D eigenvalue weighted by molar-refractivity contribution is 9.10. The molecule has 126 valence electrons. The van der Waals surface area contributed by atoms with Gasteiger partial charge in [0.1, 0.15) is 23.3 Å². The molecule has 0 bridgehead atoms. The van der Waals surface area contributed by atoms with Crippen molar-refractivity contribution in [3.63, 3.8) is 0 Å². The Kier molecular flexibility index (Phi) is 4.05. The molecule has 1 aliphatic carbocycles. The van der Waals surface area contributed by atoms with Crippen LogP contribution in [0.2, 0.25) is 0 Å². The molecule has 5 nitrogen and oxygen atoms in total. The fourth-order valence-corrected chi connectivity index (χ4v) is 2.76. The SMILES string of the molecule is O=C(Oc1ccc2c(=O)c(Oc3ccccc3Br)coc2c1)C1CC1. The summed E-state index contributed by atoms with van der Waals surface area (Å²) in [4.78, 5) is 24.3. The normalized spacial score (nSPS) is 13.6. The summed E-state index contributed by atoms with van der Waals surface area (Å²) < 4.78 is 17.2. The van der Waals surface area contributed by atoms with Gasteiger partial charge in [0.05, 0.1) is 15.8 Å². The number of benzene rings is 2. The van der Waals surface area contributed by atoms with E-state index in [0.717, 1.165) is 17.3 Å². The van der Waals surface area contributed by atoms with E-state index in [1.165, 1.54) is 6.26 Å². The van der Waals surface area contributed by atoms with E-state index in [1.807, 2.05) is 18.2 Å². The van der Waals surface area contributed by atoms with E-state index >= 15 is 0 Å². The fourth-order valence-electron chi connectivity index (χ4n) is 2.39. The third-order valence-corrected chi connectivity index (χ3v) is 4.56. The highest BCUT2D eigenvalue weighted by Gasteiger charge is 2.31. The number of para-hydroxylation sites is 1. The molecule has 4 rings (SSSR count). The van der Waals surface area contributed by atoms with Gasteiger partial charge in [0, 0.05) is 6.07 Å². The number of hydrogen-bond acceptors (Lipinski definition) is 5. The number of hydrogen-bond donors (Lipinski definition) is 0. The average molecular weight is 401 g/mol. The summed E-state index contributed by atoms with van der Waals surface area (Å²) in [5.74, 6) is 0.733. The van der Waals surface area contributed by atoms with Crippen LogP contribution in [0.25, 0.3) is 11.0 Å². The first-order valence-electron chi connectivity index (χ1n) is 7.81. The Bertz CT molecular complexity index is 1020. The average Bonchev–Trinajstić information content (AvgIpc) is 3.44. The van der Waals surface area contributed by atoms with Crippen molar-refractivity contribution in [1.82, 2.24) is 0 Å². The minimum absolute atomic E-state index is 0.00259. The van der Waals surface area contributed by atoms with Crippen LogP contribution in [-0.2, 0) is 4.79 Å². The molecule has 25 heavy (non-hydrogen) atoms. The Morgan fingerprint density at radius 3 is 2.68 bits per heavy atom. The molecule has 1 heterocycles. The standard InChI is InChI=1S/C19H13BrO5/c20-14-3-1-2-4-15(14)25-17-10-23-16-9-12(7-8-13(16)18(17)21)24-19(22)11-5-6-11/h1-4,7-11H,5-6H2. The van der Waals surface area contributed by atoms with Crippen molar-refractivity contribution in [2.45, 2.75) is 12.8 Å². The Morgan fingerprint density at radius 1 is 1.12 bits per heavy atom. The van der Waals surface area contributed by atoms with Crippen LogP contribution in [0.1, 0.15) is 12.8 Å². The summed E-state index contributed by atoms with van der Waals surface area (Å²) >= 11 is 3.37. The predicted octanol–water partition coefficient (Wildman–Crippen LogP) is 4.66. The first-order chi connectivity index (χ1) is 12.1. The number of carbonyl (C=O) groups is 1. The first-order valence-corrected chi connectivity index (χ1v) is 8.61. The van der Waals surface area contributed by atoms with E-state index in [-0.39, 0.29) is 23.1 Å². The van der Waals surface area contributed by atoms with Crippen LogP contribution in [0.4, 0.5) is 0 Å². The number of carbonyl (C=O) groups excluding carboxylic acids is 1. The van der Waals surface area contributed by atoms with Gasteiger partial charge in [-0.05, 0) is 53.0 Å². The van der Waals surface area contributed by atoms with Crippen LogP contribution in [0.5, 0.6) is 17.2 Å². The minimum Gasteiger partial charge on any atom is -0.460 e. The van der Waals surface area contributed by atoms with Gasteiger partial charge < -0.3 is 13.9 Å². The van der Waals surface area contributed by atoms with Gasteiger partial charge in [-0.3, -0.25) is 9.59 Å². The van der Waals surface area contributed by atoms with E-state index in [0.29, 0.717) is 22.5 Å². The van der Waals surface area contributed by atoms with E-state index in [2.05, 4.69) is 15.9 Å². The molecule has 6 heteroatoms. The summed E-state index contributed by atoms with van der Waals surface area (Å²) in [6.45, 7) is 0. The van der Waals surface area contributed by atoms with Crippen molar-refractivity contribution in [2.75, 3.05) is 0 Å².